The summed E-state index contributed by atoms with van der Waals surface area (Å²) in [6.07, 6.45) is 1.26. The molecule has 3 rings (SSSR count). The SMILES string of the molecule is CN1C[C@H]2C[C@@H](C1)c1cccc(=O)n1C2. The Bertz CT molecular complexity index is 437. The van der Waals surface area contributed by atoms with Crippen LogP contribution >= 0.6 is 0 Å². The number of pyridine rings is 1. The van der Waals surface area contributed by atoms with Gasteiger partial charge in [0.2, 0.25) is 0 Å². The molecule has 2 aliphatic rings. The number of fused-ring (bicyclic) bond motifs is 4. The summed E-state index contributed by atoms with van der Waals surface area (Å²) >= 11 is 0. The first-order valence-corrected chi connectivity index (χ1v) is 5.62. The average molecular weight is 204 g/mol. The van der Waals surface area contributed by atoms with Crippen LogP contribution in [0.25, 0.3) is 0 Å². The summed E-state index contributed by atoms with van der Waals surface area (Å²) in [6.45, 7) is 3.15. The van der Waals surface area contributed by atoms with Crippen LogP contribution < -0.4 is 5.56 Å². The zero-order valence-corrected chi connectivity index (χ0v) is 9.02. The second-order valence-electron chi connectivity index (χ2n) is 4.92. The van der Waals surface area contributed by atoms with Crippen LogP contribution in [0.5, 0.6) is 0 Å². The number of aromatic nitrogens is 1. The second-order valence-corrected chi connectivity index (χ2v) is 4.92. The lowest BCUT2D eigenvalue weighted by Crippen LogP contribution is -2.45. The molecule has 1 fully saturated rings. The Morgan fingerprint density at radius 1 is 1.27 bits per heavy atom. The van der Waals surface area contributed by atoms with Crippen LogP contribution in [0.1, 0.15) is 18.0 Å². The highest BCUT2D eigenvalue weighted by atomic mass is 16.1. The molecule has 3 heteroatoms. The fourth-order valence-corrected chi connectivity index (χ4v) is 3.14. The van der Waals surface area contributed by atoms with Gasteiger partial charge >= 0.3 is 0 Å². The smallest absolute Gasteiger partial charge is 0.250 e. The minimum atomic E-state index is 0.173. The molecular formula is C12H16N2O. The maximum Gasteiger partial charge on any atom is 0.250 e. The van der Waals surface area contributed by atoms with Gasteiger partial charge in [0.1, 0.15) is 0 Å². The van der Waals surface area contributed by atoms with Crippen molar-refractivity contribution in [3.05, 3.63) is 34.2 Å². The van der Waals surface area contributed by atoms with Crippen LogP contribution in [-0.4, -0.2) is 29.6 Å². The Balaban J connectivity index is 2.10. The van der Waals surface area contributed by atoms with Crippen LogP contribution in [0.4, 0.5) is 0 Å². The molecular weight excluding hydrogens is 188 g/mol. The molecule has 1 saturated heterocycles. The maximum absolute atomic E-state index is 11.7. The summed E-state index contributed by atoms with van der Waals surface area (Å²) in [6, 6.07) is 5.68. The van der Waals surface area contributed by atoms with Crippen LogP contribution in [0.3, 0.4) is 0 Å². The highest BCUT2D eigenvalue weighted by molar-refractivity contribution is 5.16. The molecule has 3 heterocycles. The van der Waals surface area contributed by atoms with E-state index >= 15 is 0 Å². The van der Waals surface area contributed by atoms with E-state index < -0.39 is 0 Å². The third kappa shape index (κ3) is 1.42. The van der Waals surface area contributed by atoms with E-state index in [0.717, 1.165) is 19.6 Å². The van der Waals surface area contributed by atoms with Crippen LogP contribution in [-0.2, 0) is 6.54 Å². The summed E-state index contributed by atoms with van der Waals surface area (Å²) in [5.74, 6) is 1.23. The molecule has 0 N–H and O–H groups in total. The van der Waals surface area contributed by atoms with Crippen molar-refractivity contribution in [2.45, 2.75) is 18.9 Å². The van der Waals surface area contributed by atoms with E-state index in [-0.39, 0.29) is 5.56 Å². The van der Waals surface area contributed by atoms with E-state index in [1.165, 1.54) is 12.1 Å². The van der Waals surface area contributed by atoms with Crippen molar-refractivity contribution in [3.63, 3.8) is 0 Å². The molecule has 2 bridgehead atoms. The Morgan fingerprint density at radius 3 is 3.00 bits per heavy atom. The van der Waals surface area contributed by atoms with Gasteiger partial charge in [-0.1, -0.05) is 6.07 Å². The Kier molecular flexibility index (Phi) is 1.96. The molecule has 0 saturated carbocycles. The van der Waals surface area contributed by atoms with Crippen LogP contribution in [0.15, 0.2) is 23.0 Å². The highest BCUT2D eigenvalue weighted by Crippen LogP contribution is 2.33. The quantitative estimate of drug-likeness (QED) is 0.627. The van der Waals surface area contributed by atoms with Crippen molar-refractivity contribution in [2.24, 2.45) is 5.92 Å². The molecule has 0 unspecified atom stereocenters. The molecule has 3 nitrogen and oxygen atoms in total. The molecule has 2 atom stereocenters. The minimum Gasteiger partial charge on any atom is -0.312 e. The molecule has 15 heavy (non-hydrogen) atoms. The minimum absolute atomic E-state index is 0.173. The topological polar surface area (TPSA) is 25.2 Å². The molecule has 2 aliphatic heterocycles. The predicted octanol–water partition coefficient (Wildman–Crippen LogP) is 0.897. The molecule has 80 valence electrons. The first kappa shape index (κ1) is 9.16. The van der Waals surface area contributed by atoms with Gasteiger partial charge in [0, 0.05) is 37.3 Å². The normalized spacial score (nSPS) is 29.9. The van der Waals surface area contributed by atoms with E-state index in [4.69, 9.17) is 0 Å². The molecule has 0 spiro atoms. The van der Waals surface area contributed by atoms with E-state index in [1.54, 1.807) is 6.07 Å². The number of likely N-dealkylation sites (tertiary alicyclic amines) is 1. The van der Waals surface area contributed by atoms with Gasteiger partial charge in [-0.25, -0.2) is 0 Å². The van der Waals surface area contributed by atoms with Crippen molar-refractivity contribution >= 4 is 0 Å². The zero-order chi connectivity index (χ0) is 10.4. The molecule has 1 aromatic heterocycles. The van der Waals surface area contributed by atoms with Gasteiger partial charge in [-0.3, -0.25) is 4.79 Å². The van der Waals surface area contributed by atoms with Gasteiger partial charge in [-0.05, 0) is 25.5 Å². The summed E-state index contributed by atoms with van der Waals surface area (Å²) in [5, 5.41) is 0. The number of rotatable bonds is 0. The van der Waals surface area contributed by atoms with Crippen molar-refractivity contribution in [1.82, 2.24) is 9.47 Å². The fourth-order valence-electron chi connectivity index (χ4n) is 3.14. The Labute approximate surface area is 89.3 Å². The molecule has 0 aromatic carbocycles. The number of hydrogen-bond donors (Lipinski definition) is 0. The van der Waals surface area contributed by atoms with E-state index in [2.05, 4.69) is 18.0 Å². The Hall–Kier alpha value is -1.09. The van der Waals surface area contributed by atoms with Gasteiger partial charge in [0.25, 0.3) is 5.56 Å². The fraction of sp³-hybridized carbons (Fsp3) is 0.583. The molecule has 0 aliphatic carbocycles. The Morgan fingerprint density at radius 2 is 2.13 bits per heavy atom. The standard InChI is InChI=1S/C12H16N2O/c1-13-6-9-5-10(8-13)11-3-2-4-12(15)14(11)7-9/h2-4,9-10H,5-8H2,1H3/t9-,10+/m1/s1. The highest BCUT2D eigenvalue weighted by Gasteiger charge is 2.32. The number of piperidine rings is 1. The summed E-state index contributed by atoms with van der Waals surface area (Å²) < 4.78 is 1.98. The maximum atomic E-state index is 11.7. The lowest BCUT2D eigenvalue weighted by Gasteiger charge is -2.41. The zero-order valence-electron chi connectivity index (χ0n) is 9.02. The van der Waals surface area contributed by atoms with Crippen molar-refractivity contribution in [1.29, 1.82) is 0 Å². The van der Waals surface area contributed by atoms with Gasteiger partial charge in [-0.2, -0.15) is 0 Å². The summed E-state index contributed by atoms with van der Waals surface area (Å²) in [5.41, 5.74) is 1.41. The van der Waals surface area contributed by atoms with Crippen LogP contribution in [0, 0.1) is 5.92 Å². The third-order valence-electron chi connectivity index (χ3n) is 3.66. The first-order chi connectivity index (χ1) is 7.24. The summed E-state index contributed by atoms with van der Waals surface area (Å²) in [7, 11) is 2.18. The first-order valence-electron chi connectivity index (χ1n) is 5.62. The largest absolute Gasteiger partial charge is 0.312 e. The van der Waals surface area contributed by atoms with Crippen molar-refractivity contribution in [2.75, 3.05) is 20.1 Å². The third-order valence-corrected chi connectivity index (χ3v) is 3.66. The predicted molar refractivity (Wildman–Crippen MR) is 59.0 cm³/mol. The van der Waals surface area contributed by atoms with Gasteiger partial charge < -0.3 is 9.47 Å². The molecule has 0 radical (unpaired) electrons. The monoisotopic (exact) mass is 204 g/mol. The van der Waals surface area contributed by atoms with E-state index in [9.17, 15) is 4.79 Å². The van der Waals surface area contributed by atoms with Gasteiger partial charge in [0.15, 0.2) is 0 Å². The van der Waals surface area contributed by atoms with Crippen LogP contribution in [0.2, 0.25) is 0 Å². The molecule has 1 aromatic rings. The van der Waals surface area contributed by atoms with E-state index in [1.807, 2.05) is 10.6 Å². The summed E-state index contributed by atoms with van der Waals surface area (Å²) in [4.78, 5) is 14.1. The lowest BCUT2D eigenvalue weighted by molar-refractivity contribution is 0.145. The van der Waals surface area contributed by atoms with E-state index in [0.29, 0.717) is 11.8 Å². The number of likely N-dealkylation sites (N-methyl/N-ethyl adjacent to an activating group) is 1. The lowest BCUT2D eigenvalue weighted by atomic mass is 9.83. The number of nitrogens with zero attached hydrogens (tertiary/aromatic N) is 2. The number of hydrogen-bond acceptors (Lipinski definition) is 2. The molecule has 0 amide bonds. The van der Waals surface area contributed by atoms with Gasteiger partial charge in [0.05, 0.1) is 0 Å². The average Bonchev–Trinajstić information content (AvgIpc) is 2.19. The van der Waals surface area contributed by atoms with Crippen molar-refractivity contribution < 1.29 is 0 Å². The van der Waals surface area contributed by atoms with Gasteiger partial charge in [-0.15, -0.1) is 0 Å². The second kappa shape index (κ2) is 3.20. The van der Waals surface area contributed by atoms with Crippen molar-refractivity contribution in [3.8, 4) is 0 Å².